The summed E-state index contributed by atoms with van der Waals surface area (Å²) >= 11 is 5.74. The van der Waals surface area contributed by atoms with E-state index in [1.165, 1.54) is 7.11 Å². The van der Waals surface area contributed by atoms with Crippen LogP contribution in [-0.4, -0.2) is 22.1 Å². The summed E-state index contributed by atoms with van der Waals surface area (Å²) in [5, 5.41) is 0.0298. The van der Waals surface area contributed by atoms with Crippen molar-refractivity contribution in [2.75, 3.05) is 7.11 Å². The number of ether oxygens (including phenoxy) is 2. The fourth-order valence-electron chi connectivity index (χ4n) is 1.37. The average molecular weight is 266 g/mol. The molecule has 6 heteroatoms. The quantitative estimate of drug-likeness (QED) is 0.854. The first kappa shape index (κ1) is 12.6. The van der Waals surface area contributed by atoms with Gasteiger partial charge in [-0.05, 0) is 42.6 Å². The van der Waals surface area contributed by atoms with E-state index in [0.717, 1.165) is 11.1 Å². The lowest BCUT2D eigenvalue weighted by atomic mass is 10.1. The monoisotopic (exact) mass is 265 g/mol. The molecular formula is C12H12ClN3O2. The molecular weight excluding hydrogens is 254 g/mol. The fourth-order valence-corrected chi connectivity index (χ4v) is 1.51. The molecule has 0 atom stereocenters. The fraction of sp³-hybridized carbons (Fsp3) is 0.250. The van der Waals surface area contributed by atoms with Crippen LogP contribution in [0, 0.1) is 13.8 Å². The van der Waals surface area contributed by atoms with Crippen molar-refractivity contribution in [3.8, 4) is 17.8 Å². The Kier molecular flexibility index (Phi) is 3.62. The number of aromatic nitrogens is 3. The van der Waals surface area contributed by atoms with Gasteiger partial charge in [0.15, 0.2) is 0 Å². The molecule has 1 heterocycles. The smallest absolute Gasteiger partial charge is 0.329 e. The number of nitrogens with zero attached hydrogens (tertiary/aromatic N) is 3. The zero-order valence-corrected chi connectivity index (χ0v) is 11.0. The average Bonchev–Trinajstić information content (AvgIpc) is 2.33. The number of aryl methyl sites for hydroxylation is 2. The van der Waals surface area contributed by atoms with Gasteiger partial charge in [0.25, 0.3) is 0 Å². The van der Waals surface area contributed by atoms with E-state index >= 15 is 0 Å². The number of benzene rings is 1. The Morgan fingerprint density at radius 1 is 1.06 bits per heavy atom. The predicted octanol–water partition coefficient (Wildman–Crippen LogP) is 2.94. The van der Waals surface area contributed by atoms with Crippen molar-refractivity contribution < 1.29 is 9.47 Å². The zero-order chi connectivity index (χ0) is 13.1. The Balaban J connectivity index is 2.33. The number of hydrogen-bond donors (Lipinski definition) is 0. The summed E-state index contributed by atoms with van der Waals surface area (Å²) in [5.41, 5.74) is 2.07. The van der Waals surface area contributed by atoms with Gasteiger partial charge in [-0.3, -0.25) is 0 Å². The highest BCUT2D eigenvalue weighted by molar-refractivity contribution is 6.28. The standard InChI is InChI=1S/C12H12ClN3O2/c1-7-4-5-8(2)9(6-7)18-12-15-10(13)14-11(16-12)17-3/h4-6H,1-3H3. The van der Waals surface area contributed by atoms with Crippen LogP contribution < -0.4 is 9.47 Å². The van der Waals surface area contributed by atoms with Crippen LogP contribution in [0.1, 0.15) is 11.1 Å². The molecule has 1 aromatic carbocycles. The summed E-state index contributed by atoms with van der Waals surface area (Å²) in [4.78, 5) is 11.6. The molecule has 0 fully saturated rings. The van der Waals surface area contributed by atoms with E-state index < -0.39 is 0 Å². The lowest BCUT2D eigenvalue weighted by Gasteiger charge is -2.08. The van der Waals surface area contributed by atoms with Crippen LogP contribution in [0.2, 0.25) is 5.28 Å². The van der Waals surface area contributed by atoms with Crippen LogP contribution in [0.3, 0.4) is 0 Å². The Morgan fingerprint density at radius 2 is 1.78 bits per heavy atom. The van der Waals surface area contributed by atoms with Gasteiger partial charge >= 0.3 is 12.0 Å². The Labute approximate surface area is 110 Å². The highest BCUT2D eigenvalue weighted by Gasteiger charge is 2.09. The van der Waals surface area contributed by atoms with Gasteiger partial charge in [0, 0.05) is 0 Å². The molecule has 0 unspecified atom stereocenters. The minimum absolute atomic E-state index is 0.0298. The zero-order valence-electron chi connectivity index (χ0n) is 10.3. The molecule has 0 saturated heterocycles. The van der Waals surface area contributed by atoms with Gasteiger partial charge < -0.3 is 9.47 Å². The Hall–Kier alpha value is -1.88. The van der Waals surface area contributed by atoms with Crippen LogP contribution in [0.4, 0.5) is 0 Å². The molecule has 0 spiro atoms. The van der Waals surface area contributed by atoms with E-state index in [0.29, 0.717) is 5.75 Å². The molecule has 1 aromatic heterocycles. The first-order valence-corrected chi connectivity index (χ1v) is 5.67. The van der Waals surface area contributed by atoms with Gasteiger partial charge in [-0.2, -0.15) is 9.97 Å². The number of rotatable bonds is 3. The van der Waals surface area contributed by atoms with Crippen LogP contribution in [0.15, 0.2) is 18.2 Å². The van der Waals surface area contributed by atoms with Gasteiger partial charge in [-0.1, -0.05) is 12.1 Å². The minimum atomic E-state index is 0.0298. The lowest BCUT2D eigenvalue weighted by Crippen LogP contribution is -1.99. The maximum absolute atomic E-state index is 5.74. The molecule has 5 nitrogen and oxygen atoms in total. The van der Waals surface area contributed by atoms with E-state index in [1.807, 2.05) is 32.0 Å². The number of methoxy groups -OCH3 is 1. The van der Waals surface area contributed by atoms with Crippen molar-refractivity contribution in [2.24, 2.45) is 0 Å². The molecule has 18 heavy (non-hydrogen) atoms. The maximum atomic E-state index is 5.74. The highest BCUT2D eigenvalue weighted by atomic mass is 35.5. The number of halogens is 1. The summed E-state index contributed by atoms with van der Waals surface area (Å²) in [7, 11) is 1.45. The van der Waals surface area contributed by atoms with E-state index in [-0.39, 0.29) is 17.3 Å². The van der Waals surface area contributed by atoms with Crippen molar-refractivity contribution in [1.29, 1.82) is 0 Å². The largest absolute Gasteiger partial charge is 0.467 e. The molecule has 0 radical (unpaired) electrons. The molecule has 2 rings (SSSR count). The molecule has 2 aromatic rings. The molecule has 0 bridgehead atoms. The van der Waals surface area contributed by atoms with Gasteiger partial charge in [0.1, 0.15) is 5.75 Å². The molecule has 0 aliphatic carbocycles. The summed E-state index contributed by atoms with van der Waals surface area (Å²) in [6, 6.07) is 6.10. The van der Waals surface area contributed by atoms with Gasteiger partial charge in [0.2, 0.25) is 5.28 Å². The van der Waals surface area contributed by atoms with Crippen LogP contribution in [0.25, 0.3) is 0 Å². The van der Waals surface area contributed by atoms with E-state index in [2.05, 4.69) is 15.0 Å². The lowest BCUT2D eigenvalue weighted by molar-refractivity contribution is 0.358. The second-order valence-corrected chi connectivity index (χ2v) is 4.08. The molecule has 0 aliphatic rings. The number of hydrogen-bond acceptors (Lipinski definition) is 5. The Morgan fingerprint density at radius 3 is 2.50 bits per heavy atom. The van der Waals surface area contributed by atoms with Crippen LogP contribution in [-0.2, 0) is 0 Å². The maximum Gasteiger partial charge on any atom is 0.329 e. The topological polar surface area (TPSA) is 57.1 Å². The first-order valence-electron chi connectivity index (χ1n) is 5.29. The summed E-state index contributed by atoms with van der Waals surface area (Å²) in [5.74, 6) is 0.680. The summed E-state index contributed by atoms with van der Waals surface area (Å²) < 4.78 is 10.5. The molecule has 0 amide bonds. The molecule has 0 aliphatic heterocycles. The third-order valence-electron chi connectivity index (χ3n) is 2.29. The van der Waals surface area contributed by atoms with Crippen molar-refractivity contribution in [2.45, 2.75) is 13.8 Å². The van der Waals surface area contributed by atoms with Crippen molar-refractivity contribution in [3.63, 3.8) is 0 Å². The van der Waals surface area contributed by atoms with E-state index in [1.54, 1.807) is 0 Å². The third-order valence-corrected chi connectivity index (χ3v) is 2.46. The SMILES string of the molecule is COc1nc(Cl)nc(Oc2cc(C)ccc2C)n1. The van der Waals surface area contributed by atoms with Gasteiger partial charge in [-0.15, -0.1) is 4.98 Å². The van der Waals surface area contributed by atoms with Gasteiger partial charge in [-0.25, -0.2) is 0 Å². The third kappa shape index (κ3) is 2.87. The summed E-state index contributed by atoms with van der Waals surface area (Å²) in [6.07, 6.45) is 0. The second kappa shape index (κ2) is 5.18. The molecule has 0 N–H and O–H groups in total. The highest BCUT2D eigenvalue weighted by Crippen LogP contribution is 2.25. The van der Waals surface area contributed by atoms with Crippen molar-refractivity contribution in [3.05, 3.63) is 34.6 Å². The predicted molar refractivity (Wildman–Crippen MR) is 67.4 cm³/mol. The Bertz CT molecular complexity index is 575. The van der Waals surface area contributed by atoms with Crippen molar-refractivity contribution in [1.82, 2.24) is 15.0 Å². The second-order valence-electron chi connectivity index (χ2n) is 3.74. The van der Waals surface area contributed by atoms with E-state index in [4.69, 9.17) is 21.1 Å². The molecule has 94 valence electrons. The van der Waals surface area contributed by atoms with Crippen LogP contribution >= 0.6 is 11.6 Å². The minimum Gasteiger partial charge on any atom is -0.467 e. The van der Waals surface area contributed by atoms with Crippen LogP contribution in [0.5, 0.6) is 17.8 Å². The normalized spacial score (nSPS) is 10.2. The molecule has 0 saturated carbocycles. The van der Waals surface area contributed by atoms with Crippen molar-refractivity contribution >= 4 is 11.6 Å². The van der Waals surface area contributed by atoms with E-state index in [9.17, 15) is 0 Å². The first-order chi connectivity index (χ1) is 8.58. The summed E-state index contributed by atoms with van der Waals surface area (Å²) in [6.45, 7) is 3.92. The van der Waals surface area contributed by atoms with Gasteiger partial charge in [0.05, 0.1) is 7.11 Å².